The number of nitrogens with zero attached hydrogens (tertiary/aromatic N) is 2. The molecule has 2 saturated heterocycles. The number of benzene rings is 1. The maximum Gasteiger partial charge on any atom is 0.230 e. The Kier molecular flexibility index (Phi) is 4.52. The number of likely N-dealkylation sites (tertiary alicyclic amines) is 2. The van der Waals surface area contributed by atoms with Crippen molar-refractivity contribution < 1.29 is 9.53 Å². The summed E-state index contributed by atoms with van der Waals surface area (Å²) in [6.45, 7) is 4.43. The van der Waals surface area contributed by atoms with E-state index in [1.54, 1.807) is 18.4 Å². The van der Waals surface area contributed by atoms with E-state index >= 15 is 0 Å². The summed E-state index contributed by atoms with van der Waals surface area (Å²) in [5.74, 6) is 1.19. The lowest BCUT2D eigenvalue weighted by Crippen LogP contribution is -2.36. The van der Waals surface area contributed by atoms with Gasteiger partial charge in [0.15, 0.2) is 0 Å². The van der Waals surface area contributed by atoms with E-state index in [0.29, 0.717) is 12.5 Å². The Hall–Kier alpha value is -1.85. The largest absolute Gasteiger partial charge is 0.497 e. The SMILES string of the molecule is COc1cccc(CN2CC[C@]3(CCN(Cc4ccsc4)C3)C2=O)c1. The van der Waals surface area contributed by atoms with E-state index < -0.39 is 0 Å². The number of carbonyl (C=O) groups excluding carboxylic acids is 1. The smallest absolute Gasteiger partial charge is 0.230 e. The van der Waals surface area contributed by atoms with Crippen molar-refractivity contribution in [2.24, 2.45) is 5.41 Å². The lowest BCUT2D eigenvalue weighted by atomic mass is 9.85. The number of amides is 1. The van der Waals surface area contributed by atoms with Gasteiger partial charge in [0.05, 0.1) is 12.5 Å². The predicted octanol–water partition coefficient (Wildman–Crippen LogP) is 3.38. The van der Waals surface area contributed by atoms with Gasteiger partial charge in [-0.15, -0.1) is 0 Å². The minimum Gasteiger partial charge on any atom is -0.497 e. The number of carbonyl (C=O) groups is 1. The van der Waals surface area contributed by atoms with Gasteiger partial charge in [0.1, 0.15) is 5.75 Å². The number of thiophene rings is 1. The van der Waals surface area contributed by atoms with Crippen LogP contribution in [0, 0.1) is 5.41 Å². The fourth-order valence-electron chi connectivity index (χ4n) is 4.15. The van der Waals surface area contributed by atoms with Gasteiger partial charge in [0.2, 0.25) is 5.91 Å². The molecule has 25 heavy (non-hydrogen) atoms. The Morgan fingerprint density at radius 1 is 1.16 bits per heavy atom. The Morgan fingerprint density at radius 3 is 2.84 bits per heavy atom. The predicted molar refractivity (Wildman–Crippen MR) is 99.7 cm³/mol. The number of rotatable bonds is 5. The molecule has 2 aliphatic rings. The summed E-state index contributed by atoms with van der Waals surface area (Å²) < 4.78 is 5.29. The molecule has 0 N–H and O–H groups in total. The Morgan fingerprint density at radius 2 is 2.04 bits per heavy atom. The second-order valence-electron chi connectivity index (χ2n) is 7.20. The molecule has 1 atom stereocenters. The first kappa shape index (κ1) is 16.6. The summed E-state index contributed by atoms with van der Waals surface area (Å²) in [6.07, 6.45) is 1.97. The zero-order valence-electron chi connectivity index (χ0n) is 14.6. The van der Waals surface area contributed by atoms with Crippen LogP contribution in [0.4, 0.5) is 0 Å². The van der Waals surface area contributed by atoms with Crippen LogP contribution in [-0.4, -0.2) is 42.5 Å². The van der Waals surface area contributed by atoms with E-state index in [9.17, 15) is 4.79 Å². The maximum atomic E-state index is 13.1. The van der Waals surface area contributed by atoms with Gasteiger partial charge in [-0.1, -0.05) is 12.1 Å². The van der Waals surface area contributed by atoms with Crippen LogP contribution in [0.5, 0.6) is 5.75 Å². The lowest BCUT2D eigenvalue weighted by molar-refractivity contribution is -0.136. The second-order valence-corrected chi connectivity index (χ2v) is 7.98. The summed E-state index contributed by atoms with van der Waals surface area (Å²) in [5, 5.41) is 4.33. The zero-order valence-corrected chi connectivity index (χ0v) is 15.4. The molecule has 132 valence electrons. The van der Waals surface area contributed by atoms with Gasteiger partial charge < -0.3 is 9.64 Å². The van der Waals surface area contributed by atoms with Crippen molar-refractivity contribution >= 4 is 17.2 Å². The van der Waals surface area contributed by atoms with Crippen LogP contribution < -0.4 is 4.74 Å². The first-order valence-electron chi connectivity index (χ1n) is 8.84. The highest BCUT2D eigenvalue weighted by molar-refractivity contribution is 7.07. The van der Waals surface area contributed by atoms with Crippen LogP contribution in [0.1, 0.15) is 24.0 Å². The number of ether oxygens (including phenoxy) is 1. The molecule has 1 aromatic carbocycles. The fraction of sp³-hybridized carbons (Fsp3) is 0.450. The quantitative estimate of drug-likeness (QED) is 0.823. The van der Waals surface area contributed by atoms with E-state index in [-0.39, 0.29) is 5.41 Å². The van der Waals surface area contributed by atoms with Crippen molar-refractivity contribution in [2.75, 3.05) is 26.7 Å². The standard InChI is InChI=1S/C20H24N2O2S/c1-24-18-4-2-3-16(11-18)13-22-9-7-20(19(22)23)6-8-21(15-20)12-17-5-10-25-14-17/h2-5,10-11,14H,6-9,12-13,15H2,1H3/t20-/m0/s1. The Labute approximate surface area is 153 Å². The molecule has 0 bridgehead atoms. The average molecular weight is 356 g/mol. The van der Waals surface area contributed by atoms with Gasteiger partial charge >= 0.3 is 0 Å². The van der Waals surface area contributed by atoms with Crippen molar-refractivity contribution in [1.82, 2.24) is 9.80 Å². The summed E-state index contributed by atoms with van der Waals surface area (Å²) in [4.78, 5) is 17.6. The molecule has 4 rings (SSSR count). The topological polar surface area (TPSA) is 32.8 Å². The highest BCUT2D eigenvalue weighted by Crippen LogP contribution is 2.41. The molecule has 0 saturated carbocycles. The third-order valence-corrected chi connectivity index (χ3v) is 6.26. The molecular formula is C20H24N2O2S. The Balaban J connectivity index is 1.41. The van der Waals surface area contributed by atoms with Crippen LogP contribution in [0.25, 0.3) is 0 Å². The lowest BCUT2D eigenvalue weighted by Gasteiger charge is -2.24. The molecule has 2 aliphatic heterocycles. The molecule has 1 aromatic heterocycles. The van der Waals surface area contributed by atoms with E-state index in [1.165, 1.54) is 5.56 Å². The molecule has 2 fully saturated rings. The van der Waals surface area contributed by atoms with Crippen LogP contribution in [0.2, 0.25) is 0 Å². The molecule has 2 aromatic rings. The van der Waals surface area contributed by atoms with Gasteiger partial charge in [-0.25, -0.2) is 0 Å². The maximum absolute atomic E-state index is 13.1. The number of hydrogen-bond acceptors (Lipinski definition) is 4. The molecule has 5 heteroatoms. The number of hydrogen-bond donors (Lipinski definition) is 0. The normalized spacial score (nSPS) is 23.7. The van der Waals surface area contributed by atoms with E-state index in [2.05, 4.69) is 27.8 Å². The molecule has 0 radical (unpaired) electrons. The van der Waals surface area contributed by atoms with Crippen LogP contribution in [-0.2, 0) is 17.9 Å². The monoisotopic (exact) mass is 356 g/mol. The summed E-state index contributed by atoms with van der Waals surface area (Å²) in [7, 11) is 1.68. The van der Waals surface area contributed by atoms with Crippen molar-refractivity contribution in [3.63, 3.8) is 0 Å². The Bertz CT molecular complexity index is 746. The highest BCUT2D eigenvalue weighted by atomic mass is 32.1. The van der Waals surface area contributed by atoms with Gasteiger partial charge in [0.25, 0.3) is 0 Å². The molecule has 4 nitrogen and oxygen atoms in total. The highest BCUT2D eigenvalue weighted by Gasteiger charge is 2.50. The van der Waals surface area contributed by atoms with Gasteiger partial charge in [-0.2, -0.15) is 11.3 Å². The average Bonchev–Trinajstić information content (AvgIpc) is 3.35. The van der Waals surface area contributed by atoms with Crippen LogP contribution in [0.3, 0.4) is 0 Å². The third kappa shape index (κ3) is 3.31. The first-order valence-corrected chi connectivity index (χ1v) is 9.79. The fourth-order valence-corrected chi connectivity index (χ4v) is 4.81. The van der Waals surface area contributed by atoms with E-state index in [1.807, 2.05) is 23.1 Å². The van der Waals surface area contributed by atoms with E-state index in [4.69, 9.17) is 4.74 Å². The van der Waals surface area contributed by atoms with Crippen LogP contribution >= 0.6 is 11.3 Å². The van der Waals surface area contributed by atoms with Crippen molar-refractivity contribution in [3.05, 3.63) is 52.2 Å². The summed E-state index contributed by atoms with van der Waals surface area (Å²) in [6, 6.07) is 10.2. The van der Waals surface area contributed by atoms with E-state index in [0.717, 1.165) is 50.3 Å². The molecule has 0 unspecified atom stereocenters. The number of methoxy groups -OCH3 is 1. The molecule has 3 heterocycles. The van der Waals surface area contributed by atoms with Gasteiger partial charge in [-0.05, 0) is 59.5 Å². The van der Waals surface area contributed by atoms with Gasteiger partial charge in [-0.3, -0.25) is 9.69 Å². The minimum atomic E-state index is -0.158. The summed E-state index contributed by atoms with van der Waals surface area (Å²) in [5.41, 5.74) is 2.34. The van der Waals surface area contributed by atoms with Crippen molar-refractivity contribution in [3.8, 4) is 5.75 Å². The van der Waals surface area contributed by atoms with Crippen molar-refractivity contribution in [1.29, 1.82) is 0 Å². The molecule has 0 aliphatic carbocycles. The summed E-state index contributed by atoms with van der Waals surface area (Å²) >= 11 is 1.74. The zero-order chi connectivity index (χ0) is 17.3. The molecular weight excluding hydrogens is 332 g/mol. The molecule has 1 spiro atoms. The molecule has 1 amide bonds. The minimum absolute atomic E-state index is 0.158. The van der Waals surface area contributed by atoms with Gasteiger partial charge in [0, 0.05) is 26.2 Å². The third-order valence-electron chi connectivity index (χ3n) is 5.53. The van der Waals surface area contributed by atoms with Crippen molar-refractivity contribution in [2.45, 2.75) is 25.9 Å². The first-order chi connectivity index (χ1) is 12.2. The second kappa shape index (κ2) is 6.81. The van der Waals surface area contributed by atoms with Crippen LogP contribution in [0.15, 0.2) is 41.1 Å².